The van der Waals surface area contributed by atoms with Crippen molar-refractivity contribution in [2.24, 2.45) is 5.92 Å². The van der Waals surface area contributed by atoms with E-state index in [1.807, 2.05) is 0 Å². The van der Waals surface area contributed by atoms with E-state index in [2.05, 4.69) is 5.32 Å². The van der Waals surface area contributed by atoms with Gasteiger partial charge in [0.15, 0.2) is 6.10 Å². The van der Waals surface area contributed by atoms with Gasteiger partial charge in [0.25, 0.3) is 5.91 Å². The first kappa shape index (κ1) is 20.7. The molecular formula is C21H21ClN2O5. The number of esters is 1. The summed E-state index contributed by atoms with van der Waals surface area (Å²) in [7, 11) is 1.52. The zero-order chi connectivity index (χ0) is 21.0. The fraction of sp³-hybridized carbons (Fsp3) is 0.286. The number of amides is 2. The minimum absolute atomic E-state index is 0.0134. The molecule has 1 fully saturated rings. The van der Waals surface area contributed by atoms with Crippen molar-refractivity contribution in [3.05, 3.63) is 53.6 Å². The highest BCUT2D eigenvalue weighted by atomic mass is 35.5. The molecule has 2 aromatic carbocycles. The quantitative estimate of drug-likeness (QED) is 0.730. The summed E-state index contributed by atoms with van der Waals surface area (Å²) in [5, 5.41) is 3.12. The van der Waals surface area contributed by atoms with Gasteiger partial charge in [-0.15, -0.1) is 0 Å². The lowest BCUT2D eigenvalue weighted by molar-refractivity contribution is -0.157. The standard InChI is InChI=1S/C21H21ClN2O5/c1-13(20(26)23-16-7-5-6-15(22)11-16)29-21(27)14-10-19(25)24(12-14)17-8-3-4-9-18(17)28-2/h3-9,11,13-14H,10,12H2,1-2H3,(H,23,26)/t13-,14-/m0/s1. The van der Waals surface area contributed by atoms with Crippen LogP contribution in [0.3, 0.4) is 0 Å². The number of carbonyl (C=O) groups is 3. The highest BCUT2D eigenvalue weighted by molar-refractivity contribution is 6.30. The first-order valence-corrected chi connectivity index (χ1v) is 9.47. The van der Waals surface area contributed by atoms with Crippen molar-refractivity contribution < 1.29 is 23.9 Å². The van der Waals surface area contributed by atoms with Crippen LogP contribution in [0, 0.1) is 5.92 Å². The minimum atomic E-state index is -1.02. The molecule has 29 heavy (non-hydrogen) atoms. The lowest BCUT2D eigenvalue weighted by Gasteiger charge is -2.20. The molecule has 0 unspecified atom stereocenters. The molecule has 1 heterocycles. The van der Waals surface area contributed by atoms with E-state index in [1.54, 1.807) is 48.5 Å². The van der Waals surface area contributed by atoms with E-state index in [0.29, 0.717) is 22.1 Å². The third-order valence-corrected chi connectivity index (χ3v) is 4.82. The number of methoxy groups -OCH3 is 1. The maximum atomic E-state index is 12.5. The third-order valence-electron chi connectivity index (χ3n) is 4.59. The van der Waals surface area contributed by atoms with Gasteiger partial charge in [-0.3, -0.25) is 14.4 Å². The van der Waals surface area contributed by atoms with Crippen LogP contribution in [0.5, 0.6) is 5.75 Å². The number of hydrogen-bond acceptors (Lipinski definition) is 5. The van der Waals surface area contributed by atoms with E-state index in [4.69, 9.17) is 21.1 Å². The molecule has 3 rings (SSSR count). The summed E-state index contributed by atoms with van der Waals surface area (Å²) in [5.41, 5.74) is 1.10. The van der Waals surface area contributed by atoms with Crippen molar-refractivity contribution in [2.45, 2.75) is 19.4 Å². The van der Waals surface area contributed by atoms with Crippen LogP contribution in [0.25, 0.3) is 0 Å². The highest BCUT2D eigenvalue weighted by Crippen LogP contribution is 2.33. The second kappa shape index (κ2) is 8.96. The monoisotopic (exact) mass is 416 g/mol. The van der Waals surface area contributed by atoms with E-state index >= 15 is 0 Å². The molecule has 7 nitrogen and oxygen atoms in total. The van der Waals surface area contributed by atoms with Crippen LogP contribution in [-0.4, -0.2) is 37.5 Å². The Kier molecular flexibility index (Phi) is 6.39. The molecule has 1 N–H and O–H groups in total. The van der Waals surface area contributed by atoms with Crippen LogP contribution in [0.2, 0.25) is 5.02 Å². The summed E-state index contributed by atoms with van der Waals surface area (Å²) in [5.74, 6) is -1.39. The maximum Gasteiger partial charge on any atom is 0.312 e. The van der Waals surface area contributed by atoms with E-state index in [9.17, 15) is 14.4 Å². The van der Waals surface area contributed by atoms with Crippen LogP contribution >= 0.6 is 11.6 Å². The fourth-order valence-corrected chi connectivity index (χ4v) is 3.28. The van der Waals surface area contributed by atoms with Crippen LogP contribution in [0.4, 0.5) is 11.4 Å². The van der Waals surface area contributed by atoms with Crippen molar-refractivity contribution in [2.75, 3.05) is 23.9 Å². The number of anilines is 2. The lowest BCUT2D eigenvalue weighted by atomic mass is 10.1. The minimum Gasteiger partial charge on any atom is -0.495 e. The topological polar surface area (TPSA) is 84.9 Å². The summed E-state index contributed by atoms with van der Waals surface area (Å²) in [6.45, 7) is 1.65. The number of rotatable bonds is 6. The lowest BCUT2D eigenvalue weighted by Crippen LogP contribution is -2.33. The van der Waals surface area contributed by atoms with Gasteiger partial charge in [0, 0.05) is 23.7 Å². The summed E-state index contributed by atoms with van der Waals surface area (Å²) in [4.78, 5) is 38.7. The fourth-order valence-electron chi connectivity index (χ4n) is 3.09. The molecule has 152 valence electrons. The molecule has 0 bridgehead atoms. The van der Waals surface area contributed by atoms with Crippen LogP contribution < -0.4 is 15.0 Å². The smallest absolute Gasteiger partial charge is 0.312 e. The van der Waals surface area contributed by atoms with Crippen LogP contribution in [0.1, 0.15) is 13.3 Å². The predicted octanol–water partition coefficient (Wildman–Crippen LogP) is 3.27. The van der Waals surface area contributed by atoms with Gasteiger partial charge in [0.2, 0.25) is 5.91 Å². The number of benzene rings is 2. The Labute approximate surface area is 173 Å². The Morgan fingerprint density at radius 2 is 1.97 bits per heavy atom. The highest BCUT2D eigenvalue weighted by Gasteiger charge is 2.38. The first-order valence-electron chi connectivity index (χ1n) is 9.09. The molecule has 1 aliphatic rings. The van der Waals surface area contributed by atoms with Gasteiger partial charge in [-0.1, -0.05) is 29.8 Å². The Bertz CT molecular complexity index is 933. The van der Waals surface area contributed by atoms with Crippen molar-refractivity contribution >= 4 is 40.8 Å². The average molecular weight is 417 g/mol. The molecule has 2 atom stereocenters. The zero-order valence-electron chi connectivity index (χ0n) is 16.1. The number of hydrogen-bond donors (Lipinski definition) is 1. The molecule has 2 aromatic rings. The molecular weight excluding hydrogens is 396 g/mol. The molecule has 0 spiro atoms. The molecule has 0 saturated carbocycles. The normalized spacial score (nSPS) is 17.0. The van der Waals surface area contributed by atoms with E-state index in [1.165, 1.54) is 18.9 Å². The van der Waals surface area contributed by atoms with Gasteiger partial charge in [-0.05, 0) is 37.3 Å². The van der Waals surface area contributed by atoms with Gasteiger partial charge >= 0.3 is 5.97 Å². The Balaban J connectivity index is 1.60. The predicted molar refractivity (Wildman–Crippen MR) is 109 cm³/mol. The largest absolute Gasteiger partial charge is 0.495 e. The van der Waals surface area contributed by atoms with Crippen molar-refractivity contribution in [3.63, 3.8) is 0 Å². The summed E-state index contributed by atoms with van der Waals surface area (Å²) in [6.07, 6.45) is -1.00. The molecule has 1 aliphatic heterocycles. The molecule has 0 aliphatic carbocycles. The SMILES string of the molecule is COc1ccccc1N1C[C@@H](C(=O)O[C@@H](C)C(=O)Nc2cccc(Cl)c2)CC1=O. The average Bonchev–Trinajstić information content (AvgIpc) is 3.09. The number of halogens is 1. The van der Waals surface area contributed by atoms with Crippen molar-refractivity contribution in [3.8, 4) is 5.75 Å². The van der Waals surface area contributed by atoms with Gasteiger partial charge in [-0.25, -0.2) is 0 Å². The van der Waals surface area contributed by atoms with Gasteiger partial charge < -0.3 is 19.7 Å². The third kappa shape index (κ3) is 4.86. The summed E-state index contributed by atoms with van der Waals surface area (Å²) in [6, 6.07) is 13.8. The number of nitrogens with zero attached hydrogens (tertiary/aromatic N) is 1. The maximum absolute atomic E-state index is 12.5. The Hall–Kier alpha value is -3.06. The van der Waals surface area contributed by atoms with E-state index in [-0.39, 0.29) is 18.9 Å². The van der Waals surface area contributed by atoms with Crippen molar-refractivity contribution in [1.29, 1.82) is 0 Å². The van der Waals surface area contributed by atoms with Crippen LogP contribution in [-0.2, 0) is 19.1 Å². The second-order valence-corrected chi connectivity index (χ2v) is 7.09. The Morgan fingerprint density at radius 1 is 1.21 bits per heavy atom. The number of nitrogens with one attached hydrogen (secondary N) is 1. The van der Waals surface area contributed by atoms with Crippen molar-refractivity contribution in [1.82, 2.24) is 0 Å². The first-order chi connectivity index (χ1) is 13.9. The number of ether oxygens (including phenoxy) is 2. The Morgan fingerprint density at radius 3 is 2.69 bits per heavy atom. The van der Waals surface area contributed by atoms with Gasteiger partial charge in [0.05, 0.1) is 18.7 Å². The number of para-hydroxylation sites is 2. The molecule has 8 heteroatoms. The zero-order valence-corrected chi connectivity index (χ0v) is 16.8. The number of carbonyl (C=O) groups excluding carboxylic acids is 3. The second-order valence-electron chi connectivity index (χ2n) is 6.66. The molecule has 0 radical (unpaired) electrons. The summed E-state index contributed by atoms with van der Waals surface area (Å²) >= 11 is 5.90. The van der Waals surface area contributed by atoms with E-state index < -0.39 is 23.9 Å². The van der Waals surface area contributed by atoms with Gasteiger partial charge in [-0.2, -0.15) is 0 Å². The molecule has 0 aromatic heterocycles. The molecule has 2 amide bonds. The van der Waals surface area contributed by atoms with Gasteiger partial charge in [0.1, 0.15) is 5.75 Å². The molecule has 1 saturated heterocycles. The van der Waals surface area contributed by atoms with E-state index in [0.717, 1.165) is 0 Å². The van der Waals surface area contributed by atoms with Crippen LogP contribution in [0.15, 0.2) is 48.5 Å². The summed E-state index contributed by atoms with van der Waals surface area (Å²) < 4.78 is 10.6.